The minimum Gasteiger partial charge on any atom is -0.478 e. The van der Waals surface area contributed by atoms with Crippen molar-refractivity contribution in [2.45, 2.75) is 64.7 Å². The lowest BCUT2D eigenvalue weighted by atomic mass is 10.0. The Balaban J connectivity index is 2.61. The van der Waals surface area contributed by atoms with Crippen LogP contribution in [-0.4, -0.2) is 32.5 Å². The van der Waals surface area contributed by atoms with E-state index in [0.29, 0.717) is 18.8 Å². The summed E-state index contributed by atoms with van der Waals surface area (Å²) < 4.78 is 0. The van der Waals surface area contributed by atoms with E-state index in [0.717, 1.165) is 32.1 Å². The molecule has 0 radical (unpaired) electrons. The molecule has 0 amide bonds. The maximum absolute atomic E-state index is 11.3. The van der Waals surface area contributed by atoms with Crippen LogP contribution in [0.15, 0.2) is 11.6 Å². The van der Waals surface area contributed by atoms with Crippen LogP contribution in [0.1, 0.15) is 64.7 Å². The van der Waals surface area contributed by atoms with E-state index in [2.05, 4.69) is 0 Å². The largest absolute Gasteiger partial charge is 0.478 e. The first-order valence-corrected chi connectivity index (χ1v) is 10.1. The Hall–Kier alpha value is -0.770. The van der Waals surface area contributed by atoms with E-state index in [1.165, 1.54) is 12.8 Å². The molecule has 1 fully saturated rings. The third-order valence-electron chi connectivity index (χ3n) is 4.29. The Morgan fingerprint density at radius 2 is 1.91 bits per heavy atom. The first kappa shape index (κ1) is 19.3. The molecule has 0 aromatic rings. The Kier molecular flexibility index (Phi) is 8.23. The van der Waals surface area contributed by atoms with Crippen molar-refractivity contribution in [3.8, 4) is 0 Å². The zero-order valence-corrected chi connectivity index (χ0v) is 14.3. The van der Waals surface area contributed by atoms with Crippen LogP contribution >= 0.6 is 7.72 Å². The molecule has 1 aliphatic rings. The maximum atomic E-state index is 11.3. The van der Waals surface area contributed by atoms with E-state index in [-0.39, 0.29) is 17.2 Å². The Morgan fingerprint density at radius 1 is 1.27 bits per heavy atom. The van der Waals surface area contributed by atoms with Crippen LogP contribution in [0.25, 0.3) is 0 Å². The van der Waals surface area contributed by atoms with Crippen molar-refractivity contribution in [1.82, 2.24) is 0 Å². The fraction of sp³-hybridized carbons (Fsp3) is 0.750. The highest BCUT2D eigenvalue weighted by Crippen LogP contribution is 2.53. The smallest absolute Gasteiger partial charge is 0.335 e. The van der Waals surface area contributed by atoms with Crippen molar-refractivity contribution in [3.63, 3.8) is 0 Å². The summed E-state index contributed by atoms with van der Waals surface area (Å²) in [6, 6.07) is 0. The lowest BCUT2D eigenvalue weighted by Crippen LogP contribution is -2.15. The third-order valence-corrected chi connectivity index (χ3v) is 6.16. The fourth-order valence-corrected chi connectivity index (χ4v) is 4.28. The molecule has 1 aliphatic carbocycles. The zero-order chi connectivity index (χ0) is 16.6. The van der Waals surface area contributed by atoms with Crippen LogP contribution < -0.4 is 0 Å². The maximum Gasteiger partial charge on any atom is 0.335 e. The monoisotopic (exact) mass is 330 g/mol. The fourth-order valence-electron chi connectivity index (χ4n) is 2.83. The van der Waals surface area contributed by atoms with Crippen LogP contribution in [0, 0.1) is 11.3 Å². The van der Waals surface area contributed by atoms with Crippen LogP contribution in [0.2, 0.25) is 0 Å². The summed E-state index contributed by atoms with van der Waals surface area (Å²) in [6.07, 6.45) is 9.66. The van der Waals surface area contributed by atoms with Crippen molar-refractivity contribution in [2.24, 2.45) is 5.92 Å². The summed E-state index contributed by atoms with van der Waals surface area (Å²) in [5, 5.41) is 17.1. The van der Waals surface area contributed by atoms with E-state index < -0.39 is 13.7 Å². The summed E-state index contributed by atoms with van der Waals surface area (Å²) in [5.41, 5.74) is -0.0422. The zero-order valence-electron chi connectivity index (χ0n) is 13.4. The molecule has 0 aliphatic heterocycles. The van der Waals surface area contributed by atoms with Gasteiger partial charge in [-0.3, -0.25) is 5.41 Å². The van der Waals surface area contributed by atoms with Gasteiger partial charge in [0.15, 0.2) is 0 Å². The molecular weight excluding hydrogens is 301 g/mol. The molecule has 0 atom stereocenters. The van der Waals surface area contributed by atoms with Crippen LogP contribution in [-0.2, 0) is 4.79 Å². The van der Waals surface area contributed by atoms with Crippen LogP contribution in [0.5, 0.6) is 0 Å². The number of unbranched alkanes of at least 4 members (excludes halogenated alkanes) is 2. The summed E-state index contributed by atoms with van der Waals surface area (Å²) in [6.45, 7) is 2.04. The van der Waals surface area contributed by atoms with Crippen LogP contribution in [0.3, 0.4) is 0 Å². The average Bonchev–Trinajstić information content (AvgIpc) is 2.96. The number of hydrogen-bond acceptors (Lipinski definition) is 4. The number of carbonyl (C=O) groups is 1. The van der Waals surface area contributed by atoms with Gasteiger partial charge < -0.3 is 5.11 Å². The van der Waals surface area contributed by atoms with Gasteiger partial charge in [-0.15, -0.1) is 0 Å². The van der Waals surface area contributed by atoms with E-state index >= 15 is 0 Å². The number of nitrogens with one attached hydrogen (secondary N) is 1. The molecule has 4 N–H and O–H groups in total. The topological polar surface area (TPSA) is 102 Å². The first-order valence-electron chi connectivity index (χ1n) is 8.20. The number of allylic oxidation sites excluding steroid dienone is 1. The van der Waals surface area contributed by atoms with Crippen molar-refractivity contribution in [3.05, 3.63) is 11.6 Å². The molecule has 0 aromatic carbocycles. The van der Waals surface area contributed by atoms with Gasteiger partial charge in [-0.05, 0) is 18.8 Å². The normalized spacial score (nSPS) is 17.0. The molecule has 0 unspecified atom stereocenters. The number of rotatable bonds is 10. The van der Waals surface area contributed by atoms with Gasteiger partial charge in [-0.1, -0.05) is 51.5 Å². The predicted molar refractivity (Wildman–Crippen MR) is 90.4 cm³/mol. The van der Waals surface area contributed by atoms with Gasteiger partial charge in [0.05, 0.1) is 5.57 Å². The minimum atomic E-state index is -3.61. The van der Waals surface area contributed by atoms with Crippen LogP contribution in [0.4, 0.5) is 0 Å². The van der Waals surface area contributed by atoms with E-state index in [4.69, 9.17) is 5.41 Å². The van der Waals surface area contributed by atoms with Gasteiger partial charge in [-0.2, -0.15) is 0 Å². The van der Waals surface area contributed by atoms with E-state index in [1.54, 1.807) is 6.08 Å². The van der Waals surface area contributed by atoms with Gasteiger partial charge in [0.1, 0.15) is 6.16 Å². The quantitative estimate of drug-likeness (QED) is 0.211. The number of carboxylic acids is 1. The molecule has 1 rings (SSSR count). The highest BCUT2D eigenvalue weighted by Gasteiger charge is 2.41. The molecule has 126 valence electrons. The molecule has 5 nitrogen and oxygen atoms in total. The molecule has 0 aromatic heterocycles. The Morgan fingerprint density at radius 3 is 2.45 bits per heavy atom. The number of hydrogen-bond donors (Lipinski definition) is 4. The molecule has 1 saturated carbocycles. The van der Waals surface area contributed by atoms with Gasteiger partial charge in [0, 0.05) is 6.42 Å². The Labute approximate surface area is 133 Å². The second kappa shape index (κ2) is 9.39. The SMILES string of the molecule is CCCCCC(=N)[P+](O)(O)CC(=CCC1CCCC1)C(=O)O. The lowest BCUT2D eigenvalue weighted by Gasteiger charge is -2.14. The summed E-state index contributed by atoms with van der Waals surface area (Å²) in [5.74, 6) is -0.588. The van der Waals surface area contributed by atoms with Crippen molar-refractivity contribution >= 4 is 19.1 Å². The summed E-state index contributed by atoms with van der Waals surface area (Å²) in [7, 11) is -3.61. The molecule has 0 saturated heterocycles. The first-order chi connectivity index (χ1) is 10.4. The molecule has 0 heterocycles. The molecule has 0 bridgehead atoms. The minimum absolute atomic E-state index is 0.0467. The second-order valence-corrected chi connectivity index (χ2v) is 8.53. The summed E-state index contributed by atoms with van der Waals surface area (Å²) in [4.78, 5) is 31.6. The highest BCUT2D eigenvalue weighted by molar-refractivity contribution is 7.81. The Bertz CT molecular complexity index is 414. The predicted octanol–water partition coefficient (Wildman–Crippen LogP) is 3.97. The van der Waals surface area contributed by atoms with Gasteiger partial charge >= 0.3 is 13.7 Å². The van der Waals surface area contributed by atoms with Crippen molar-refractivity contribution in [2.75, 3.05) is 6.16 Å². The van der Waals surface area contributed by atoms with E-state index in [1.807, 2.05) is 6.92 Å². The number of aliphatic carboxylic acids is 1. The van der Waals surface area contributed by atoms with Crippen molar-refractivity contribution in [1.29, 1.82) is 5.41 Å². The molecule has 0 spiro atoms. The molecular formula is C16H29NO4P+. The number of carboxylic acid groups (broad SMARTS) is 1. The standard InChI is InChI=1S/C16H28NO4P/c1-2-3-4-9-15(17)22(20,21)12-14(16(18)19)11-10-13-7-5-6-8-13/h11,13,17,20-21H,2-10,12H2,1H3/p+1. The van der Waals surface area contributed by atoms with E-state index in [9.17, 15) is 19.7 Å². The molecule has 22 heavy (non-hydrogen) atoms. The van der Waals surface area contributed by atoms with Gasteiger partial charge in [0.2, 0.25) is 5.45 Å². The third kappa shape index (κ3) is 6.55. The second-order valence-electron chi connectivity index (χ2n) is 6.21. The summed E-state index contributed by atoms with van der Waals surface area (Å²) >= 11 is 0. The lowest BCUT2D eigenvalue weighted by molar-refractivity contribution is -0.132. The van der Waals surface area contributed by atoms with Crippen molar-refractivity contribution < 1.29 is 19.7 Å². The molecule has 6 heteroatoms. The van der Waals surface area contributed by atoms with Gasteiger partial charge in [-0.25, -0.2) is 14.6 Å². The van der Waals surface area contributed by atoms with Gasteiger partial charge in [0.25, 0.3) is 0 Å². The average molecular weight is 330 g/mol. The highest BCUT2D eigenvalue weighted by atomic mass is 31.2.